The Hall–Kier alpha value is -1.29. The highest BCUT2D eigenvalue weighted by atomic mass is 16.3. The third-order valence-corrected chi connectivity index (χ3v) is 1.07. The topological polar surface area (TPSA) is 73.3 Å². The summed E-state index contributed by atoms with van der Waals surface area (Å²) in [7, 11) is 0. The summed E-state index contributed by atoms with van der Waals surface area (Å²) in [4.78, 5) is 12.7. The van der Waals surface area contributed by atoms with Crippen LogP contribution in [0.3, 0.4) is 0 Å². The van der Waals surface area contributed by atoms with Gasteiger partial charge in [-0.25, -0.2) is 0 Å². The number of pyridine rings is 1. The van der Waals surface area contributed by atoms with E-state index in [0.717, 1.165) is 0 Å². The highest BCUT2D eigenvalue weighted by Crippen LogP contribution is 2.02. The number of nitrogens with one attached hydrogen (secondary N) is 1. The van der Waals surface area contributed by atoms with Crippen molar-refractivity contribution < 1.29 is 10.2 Å². The largest absolute Gasteiger partial charge is 0.495 e. The Bertz CT molecular complexity index is 279. The van der Waals surface area contributed by atoms with Gasteiger partial charge in [-0.15, -0.1) is 0 Å². The Balaban J connectivity index is 3.19. The van der Waals surface area contributed by atoms with E-state index in [1.807, 2.05) is 0 Å². The van der Waals surface area contributed by atoms with Gasteiger partial charge < -0.3 is 10.2 Å². The summed E-state index contributed by atoms with van der Waals surface area (Å²) in [6.07, 6.45) is 0. The van der Waals surface area contributed by atoms with Crippen molar-refractivity contribution in [1.29, 1.82) is 0 Å². The quantitative estimate of drug-likeness (QED) is 0.497. The van der Waals surface area contributed by atoms with Crippen LogP contribution in [-0.2, 0) is 6.61 Å². The van der Waals surface area contributed by atoms with E-state index in [2.05, 4.69) is 4.98 Å². The van der Waals surface area contributed by atoms with E-state index >= 15 is 0 Å². The molecule has 0 fully saturated rings. The molecule has 0 aliphatic heterocycles. The summed E-state index contributed by atoms with van der Waals surface area (Å²) >= 11 is 0. The summed E-state index contributed by atoms with van der Waals surface area (Å²) in [6.45, 7) is -0.239. The van der Waals surface area contributed by atoms with E-state index < -0.39 is 5.56 Å². The normalized spacial score (nSPS) is 9.70. The van der Waals surface area contributed by atoms with Crippen LogP contribution in [-0.4, -0.2) is 15.2 Å². The van der Waals surface area contributed by atoms with Gasteiger partial charge in [0.15, 0.2) is 5.88 Å². The summed E-state index contributed by atoms with van der Waals surface area (Å²) in [5, 5.41) is 17.3. The van der Waals surface area contributed by atoms with E-state index in [4.69, 9.17) is 10.2 Å². The molecule has 1 aromatic heterocycles. The van der Waals surface area contributed by atoms with Gasteiger partial charge in [0, 0.05) is 12.1 Å². The molecule has 4 nitrogen and oxygen atoms in total. The Morgan fingerprint density at radius 3 is 2.70 bits per heavy atom. The number of H-pyrrole nitrogens is 1. The lowest BCUT2D eigenvalue weighted by molar-refractivity contribution is 0.280. The molecule has 3 N–H and O–H groups in total. The van der Waals surface area contributed by atoms with Gasteiger partial charge in [0.2, 0.25) is 0 Å². The highest BCUT2D eigenvalue weighted by molar-refractivity contribution is 5.18. The second-order valence-corrected chi connectivity index (χ2v) is 1.90. The Morgan fingerprint density at radius 1 is 1.50 bits per heavy atom. The number of hydrogen-bond acceptors (Lipinski definition) is 3. The van der Waals surface area contributed by atoms with E-state index in [1.165, 1.54) is 12.1 Å². The first kappa shape index (κ1) is 6.82. The zero-order valence-electron chi connectivity index (χ0n) is 5.16. The minimum absolute atomic E-state index is 0.225. The second kappa shape index (κ2) is 2.53. The predicted molar refractivity (Wildman–Crippen MR) is 34.7 cm³/mol. The molecule has 0 aliphatic rings. The molecule has 54 valence electrons. The lowest BCUT2D eigenvalue weighted by Crippen LogP contribution is -2.04. The minimum atomic E-state index is -0.413. The first-order valence-corrected chi connectivity index (χ1v) is 2.75. The molecule has 10 heavy (non-hydrogen) atoms. The second-order valence-electron chi connectivity index (χ2n) is 1.90. The third kappa shape index (κ3) is 1.35. The van der Waals surface area contributed by atoms with Gasteiger partial charge in [0.1, 0.15) is 0 Å². The maximum absolute atomic E-state index is 10.5. The summed E-state index contributed by atoms with van der Waals surface area (Å²) in [5.41, 5.74) is -0.00898. The Morgan fingerprint density at radius 2 is 2.20 bits per heavy atom. The van der Waals surface area contributed by atoms with Gasteiger partial charge in [0.05, 0.1) is 6.61 Å². The van der Waals surface area contributed by atoms with Gasteiger partial charge >= 0.3 is 0 Å². The van der Waals surface area contributed by atoms with Crippen molar-refractivity contribution in [3.63, 3.8) is 0 Å². The standard InChI is InChI=1S/C6H7NO3/c8-3-4-1-5(9)7-6(10)2-4/h1-2,8H,3H2,(H2,7,9,10). The molecular formula is C6H7NO3. The van der Waals surface area contributed by atoms with Crippen molar-refractivity contribution in [3.05, 3.63) is 28.0 Å². The zero-order valence-corrected chi connectivity index (χ0v) is 5.16. The molecule has 4 heteroatoms. The third-order valence-electron chi connectivity index (χ3n) is 1.07. The molecular weight excluding hydrogens is 134 g/mol. The Labute approximate surface area is 56.8 Å². The van der Waals surface area contributed by atoms with Gasteiger partial charge in [-0.2, -0.15) is 0 Å². The number of aliphatic hydroxyl groups excluding tert-OH is 1. The fraction of sp³-hybridized carbons (Fsp3) is 0.167. The number of aromatic hydroxyl groups is 1. The van der Waals surface area contributed by atoms with Crippen molar-refractivity contribution in [2.45, 2.75) is 6.61 Å². The molecule has 0 bridgehead atoms. The minimum Gasteiger partial charge on any atom is -0.495 e. The van der Waals surface area contributed by atoms with Crippen LogP contribution in [0.1, 0.15) is 5.56 Å². The molecule has 0 saturated heterocycles. The van der Waals surface area contributed by atoms with Crippen molar-refractivity contribution in [3.8, 4) is 5.88 Å². The van der Waals surface area contributed by atoms with Gasteiger partial charge in [0.25, 0.3) is 5.56 Å². The van der Waals surface area contributed by atoms with Crippen LogP contribution in [0.5, 0.6) is 5.88 Å². The molecule has 0 unspecified atom stereocenters. The molecule has 0 radical (unpaired) electrons. The number of rotatable bonds is 1. The SMILES string of the molecule is O=c1cc(CO)cc(O)[nH]1. The average molecular weight is 141 g/mol. The maximum atomic E-state index is 10.5. The molecule has 0 saturated carbocycles. The molecule has 1 rings (SSSR count). The van der Waals surface area contributed by atoms with E-state index in [-0.39, 0.29) is 12.5 Å². The van der Waals surface area contributed by atoms with Crippen molar-refractivity contribution in [1.82, 2.24) is 4.98 Å². The van der Waals surface area contributed by atoms with Gasteiger partial charge in [-0.05, 0) is 5.56 Å². The first-order chi connectivity index (χ1) is 4.72. The molecule has 0 spiro atoms. The fourth-order valence-corrected chi connectivity index (χ4v) is 0.675. The van der Waals surface area contributed by atoms with Crippen LogP contribution in [0.2, 0.25) is 0 Å². The van der Waals surface area contributed by atoms with Crippen molar-refractivity contribution >= 4 is 0 Å². The van der Waals surface area contributed by atoms with Crippen molar-refractivity contribution in [2.75, 3.05) is 0 Å². The van der Waals surface area contributed by atoms with Crippen LogP contribution in [0.15, 0.2) is 16.9 Å². The van der Waals surface area contributed by atoms with Gasteiger partial charge in [-0.1, -0.05) is 0 Å². The summed E-state index contributed by atoms with van der Waals surface area (Å²) < 4.78 is 0. The number of aromatic nitrogens is 1. The molecule has 0 atom stereocenters. The van der Waals surface area contributed by atoms with E-state index in [0.29, 0.717) is 5.56 Å². The summed E-state index contributed by atoms with van der Waals surface area (Å²) in [6, 6.07) is 2.51. The maximum Gasteiger partial charge on any atom is 0.251 e. The lowest BCUT2D eigenvalue weighted by atomic mass is 10.3. The first-order valence-electron chi connectivity index (χ1n) is 2.75. The van der Waals surface area contributed by atoms with Crippen LogP contribution < -0.4 is 5.56 Å². The van der Waals surface area contributed by atoms with Crippen LogP contribution in [0.25, 0.3) is 0 Å². The smallest absolute Gasteiger partial charge is 0.251 e. The molecule has 0 aromatic carbocycles. The number of aliphatic hydroxyl groups is 1. The molecule has 0 aliphatic carbocycles. The monoisotopic (exact) mass is 141 g/mol. The average Bonchev–Trinajstić information content (AvgIpc) is 1.85. The van der Waals surface area contributed by atoms with Gasteiger partial charge in [-0.3, -0.25) is 9.78 Å². The number of hydrogen-bond donors (Lipinski definition) is 3. The van der Waals surface area contributed by atoms with Crippen molar-refractivity contribution in [2.24, 2.45) is 0 Å². The fourth-order valence-electron chi connectivity index (χ4n) is 0.675. The lowest BCUT2D eigenvalue weighted by Gasteiger charge is -1.94. The number of aromatic amines is 1. The van der Waals surface area contributed by atoms with Crippen LogP contribution in [0, 0.1) is 0 Å². The zero-order chi connectivity index (χ0) is 7.56. The highest BCUT2D eigenvalue weighted by Gasteiger charge is 1.93. The Kier molecular flexibility index (Phi) is 1.73. The predicted octanol–water partition coefficient (Wildman–Crippen LogP) is -0.427. The molecule has 1 aromatic rings. The van der Waals surface area contributed by atoms with Crippen LogP contribution in [0.4, 0.5) is 0 Å². The van der Waals surface area contributed by atoms with E-state index in [1.54, 1.807) is 0 Å². The molecule has 0 amide bonds. The summed E-state index contributed by atoms with van der Waals surface area (Å²) in [5.74, 6) is -0.225. The molecule has 1 heterocycles. The van der Waals surface area contributed by atoms with Crippen LogP contribution >= 0.6 is 0 Å². The van der Waals surface area contributed by atoms with E-state index in [9.17, 15) is 4.79 Å².